The summed E-state index contributed by atoms with van der Waals surface area (Å²) in [6, 6.07) is 20.1. The van der Waals surface area contributed by atoms with Crippen LogP contribution in [0.2, 0.25) is 0 Å². The van der Waals surface area contributed by atoms with Gasteiger partial charge in [-0.2, -0.15) is 0 Å². The molecule has 0 bridgehead atoms. The van der Waals surface area contributed by atoms with Crippen molar-refractivity contribution in [2.24, 2.45) is 0 Å². The number of nitrogens with one attached hydrogen (secondary N) is 2. The number of carbonyl (C=O) groups is 2. The van der Waals surface area contributed by atoms with Gasteiger partial charge in [0.25, 0.3) is 11.8 Å². The van der Waals surface area contributed by atoms with Crippen LogP contribution in [0.3, 0.4) is 0 Å². The number of carbonyl (C=O) groups excluding carboxylic acids is 2. The Morgan fingerprint density at radius 1 is 0.571 bits per heavy atom. The molecule has 3 rings (SSSR count). The van der Waals surface area contributed by atoms with E-state index in [1.165, 1.54) is 0 Å². The van der Waals surface area contributed by atoms with E-state index in [2.05, 4.69) is 10.6 Å². The number of amides is 2. The van der Waals surface area contributed by atoms with Gasteiger partial charge in [0.05, 0.1) is 13.2 Å². The Morgan fingerprint density at radius 3 is 1.18 bits per heavy atom. The molecule has 0 unspecified atom stereocenters. The van der Waals surface area contributed by atoms with Gasteiger partial charge in [0.1, 0.15) is 0 Å². The maximum absolute atomic E-state index is 12.3. The topological polar surface area (TPSA) is 98.7 Å². The standard InChI is InChI=1S/C22H20N2O4/c25-13-15-1-9-19(10-2-15)23-21(27)17-5-7-18(8-6-17)22(28)24-20-11-3-16(14-26)4-12-20/h1-12,25-26H,13-14H2,(H,23,27)(H,24,28). The third-order valence-corrected chi connectivity index (χ3v) is 4.20. The van der Waals surface area contributed by atoms with Gasteiger partial charge in [-0.25, -0.2) is 0 Å². The number of hydrogen-bond donors (Lipinski definition) is 4. The first kappa shape index (κ1) is 19.3. The fourth-order valence-corrected chi connectivity index (χ4v) is 2.57. The predicted molar refractivity (Wildman–Crippen MR) is 107 cm³/mol. The summed E-state index contributed by atoms with van der Waals surface area (Å²) in [6.07, 6.45) is 0. The molecule has 6 heteroatoms. The molecule has 0 aromatic heterocycles. The van der Waals surface area contributed by atoms with Gasteiger partial charge < -0.3 is 20.8 Å². The second kappa shape index (κ2) is 8.94. The van der Waals surface area contributed by atoms with Gasteiger partial charge >= 0.3 is 0 Å². The molecule has 0 aliphatic heterocycles. The molecule has 0 heterocycles. The normalized spacial score (nSPS) is 10.4. The largest absolute Gasteiger partial charge is 0.392 e. The predicted octanol–water partition coefficient (Wildman–Crippen LogP) is 3.18. The summed E-state index contributed by atoms with van der Waals surface area (Å²) in [4.78, 5) is 24.6. The van der Waals surface area contributed by atoms with Crippen LogP contribution in [-0.2, 0) is 13.2 Å². The molecule has 2 amide bonds. The Morgan fingerprint density at radius 2 is 0.893 bits per heavy atom. The average molecular weight is 376 g/mol. The first-order chi connectivity index (χ1) is 13.6. The zero-order valence-corrected chi connectivity index (χ0v) is 15.1. The van der Waals surface area contributed by atoms with Gasteiger partial charge in [0.2, 0.25) is 0 Å². The van der Waals surface area contributed by atoms with Crippen molar-refractivity contribution in [1.82, 2.24) is 0 Å². The van der Waals surface area contributed by atoms with E-state index in [0.29, 0.717) is 22.5 Å². The minimum Gasteiger partial charge on any atom is -0.392 e. The van der Waals surface area contributed by atoms with Crippen molar-refractivity contribution in [2.75, 3.05) is 10.6 Å². The summed E-state index contributed by atoms with van der Waals surface area (Å²) < 4.78 is 0. The van der Waals surface area contributed by atoms with Crippen LogP contribution in [0, 0.1) is 0 Å². The van der Waals surface area contributed by atoms with Crippen LogP contribution < -0.4 is 10.6 Å². The molecule has 0 saturated heterocycles. The number of rotatable bonds is 6. The molecule has 3 aromatic carbocycles. The molecule has 0 saturated carbocycles. The molecule has 3 aromatic rings. The molecular weight excluding hydrogens is 356 g/mol. The SMILES string of the molecule is O=C(Nc1ccc(CO)cc1)c1ccc(C(=O)Nc2ccc(CO)cc2)cc1. The van der Waals surface area contributed by atoms with Crippen LogP contribution in [0.4, 0.5) is 11.4 Å². The van der Waals surface area contributed by atoms with Gasteiger partial charge in [0, 0.05) is 22.5 Å². The van der Waals surface area contributed by atoms with Gasteiger partial charge in [0.15, 0.2) is 0 Å². The van der Waals surface area contributed by atoms with E-state index in [1.807, 2.05) is 0 Å². The minimum absolute atomic E-state index is 0.0523. The van der Waals surface area contributed by atoms with Gasteiger partial charge in [-0.05, 0) is 59.7 Å². The lowest BCUT2D eigenvalue weighted by Crippen LogP contribution is -2.14. The van der Waals surface area contributed by atoms with E-state index >= 15 is 0 Å². The smallest absolute Gasteiger partial charge is 0.255 e. The van der Waals surface area contributed by atoms with Crippen LogP contribution in [0.15, 0.2) is 72.8 Å². The lowest BCUT2D eigenvalue weighted by molar-refractivity contribution is 0.101. The molecule has 6 nitrogen and oxygen atoms in total. The second-order valence-electron chi connectivity index (χ2n) is 6.20. The molecule has 0 atom stereocenters. The van der Waals surface area contributed by atoms with Gasteiger partial charge in [-0.3, -0.25) is 9.59 Å². The Hall–Kier alpha value is -3.48. The molecule has 0 aliphatic carbocycles. The minimum atomic E-state index is -0.289. The molecule has 0 fully saturated rings. The third kappa shape index (κ3) is 4.82. The lowest BCUT2D eigenvalue weighted by atomic mass is 10.1. The van der Waals surface area contributed by atoms with Crippen molar-refractivity contribution in [1.29, 1.82) is 0 Å². The van der Waals surface area contributed by atoms with Gasteiger partial charge in [-0.1, -0.05) is 24.3 Å². The van der Waals surface area contributed by atoms with Crippen LogP contribution in [0.5, 0.6) is 0 Å². The molecule has 0 aliphatic rings. The van der Waals surface area contributed by atoms with Crippen molar-refractivity contribution in [2.45, 2.75) is 13.2 Å². The summed E-state index contributed by atoms with van der Waals surface area (Å²) >= 11 is 0. The van der Waals surface area contributed by atoms with Crippen LogP contribution >= 0.6 is 0 Å². The third-order valence-electron chi connectivity index (χ3n) is 4.20. The Balaban J connectivity index is 1.62. The zero-order chi connectivity index (χ0) is 19.9. The Kier molecular flexibility index (Phi) is 6.16. The molecule has 28 heavy (non-hydrogen) atoms. The fraction of sp³-hybridized carbons (Fsp3) is 0.0909. The average Bonchev–Trinajstić information content (AvgIpc) is 2.75. The lowest BCUT2D eigenvalue weighted by Gasteiger charge is -2.08. The number of aliphatic hydroxyl groups excluding tert-OH is 2. The van der Waals surface area contributed by atoms with E-state index in [0.717, 1.165) is 11.1 Å². The summed E-state index contributed by atoms with van der Waals surface area (Å²) in [7, 11) is 0. The Bertz CT molecular complexity index is 869. The highest BCUT2D eigenvalue weighted by atomic mass is 16.3. The van der Waals surface area contributed by atoms with Crippen LogP contribution in [-0.4, -0.2) is 22.0 Å². The highest BCUT2D eigenvalue weighted by molar-refractivity contribution is 6.07. The number of hydrogen-bond acceptors (Lipinski definition) is 4. The van der Waals surface area contributed by atoms with Crippen molar-refractivity contribution in [3.63, 3.8) is 0 Å². The molecular formula is C22H20N2O4. The van der Waals surface area contributed by atoms with Crippen molar-refractivity contribution in [3.05, 3.63) is 95.1 Å². The highest BCUT2D eigenvalue weighted by Gasteiger charge is 2.10. The zero-order valence-electron chi connectivity index (χ0n) is 15.1. The monoisotopic (exact) mass is 376 g/mol. The number of anilines is 2. The van der Waals surface area contributed by atoms with E-state index < -0.39 is 0 Å². The van der Waals surface area contributed by atoms with E-state index in [-0.39, 0.29) is 25.0 Å². The van der Waals surface area contributed by atoms with E-state index in [9.17, 15) is 9.59 Å². The second-order valence-corrected chi connectivity index (χ2v) is 6.20. The fourth-order valence-electron chi connectivity index (χ4n) is 2.57. The number of aliphatic hydroxyl groups is 2. The number of benzene rings is 3. The maximum atomic E-state index is 12.3. The van der Waals surface area contributed by atoms with Crippen molar-refractivity contribution in [3.8, 4) is 0 Å². The molecule has 142 valence electrons. The first-order valence-electron chi connectivity index (χ1n) is 8.71. The van der Waals surface area contributed by atoms with E-state index in [1.54, 1.807) is 72.8 Å². The van der Waals surface area contributed by atoms with Crippen LogP contribution in [0.25, 0.3) is 0 Å². The van der Waals surface area contributed by atoms with Gasteiger partial charge in [-0.15, -0.1) is 0 Å². The summed E-state index contributed by atoms with van der Waals surface area (Å²) in [5, 5.41) is 23.6. The van der Waals surface area contributed by atoms with Crippen LogP contribution in [0.1, 0.15) is 31.8 Å². The quantitative estimate of drug-likeness (QED) is 0.531. The van der Waals surface area contributed by atoms with Crippen molar-refractivity contribution < 1.29 is 19.8 Å². The summed E-state index contributed by atoms with van der Waals surface area (Å²) in [5.74, 6) is -0.577. The Labute approximate surface area is 162 Å². The molecule has 4 N–H and O–H groups in total. The summed E-state index contributed by atoms with van der Waals surface area (Å²) in [6.45, 7) is -0.105. The summed E-state index contributed by atoms with van der Waals surface area (Å²) in [5.41, 5.74) is 3.62. The van der Waals surface area contributed by atoms with E-state index in [4.69, 9.17) is 10.2 Å². The van der Waals surface area contributed by atoms with Crippen molar-refractivity contribution >= 4 is 23.2 Å². The maximum Gasteiger partial charge on any atom is 0.255 e. The molecule has 0 spiro atoms. The molecule has 0 radical (unpaired) electrons. The first-order valence-corrected chi connectivity index (χ1v) is 8.71. The highest BCUT2D eigenvalue weighted by Crippen LogP contribution is 2.14.